The zero-order valence-corrected chi connectivity index (χ0v) is 17.0. The van der Waals surface area contributed by atoms with Gasteiger partial charge in [-0.1, -0.05) is 24.6 Å². The van der Waals surface area contributed by atoms with Crippen LogP contribution in [0.1, 0.15) is 32.1 Å². The Morgan fingerprint density at radius 1 is 1.03 bits per heavy atom. The summed E-state index contributed by atoms with van der Waals surface area (Å²) in [5.74, 6) is 1.09. The summed E-state index contributed by atoms with van der Waals surface area (Å²) in [6.45, 7) is 0. The summed E-state index contributed by atoms with van der Waals surface area (Å²) < 4.78 is 39.3. The summed E-state index contributed by atoms with van der Waals surface area (Å²) in [6.07, 6.45) is 4.22. The zero-order valence-electron chi connectivity index (χ0n) is 16.2. The van der Waals surface area contributed by atoms with E-state index in [9.17, 15) is 13.0 Å². The van der Waals surface area contributed by atoms with E-state index in [4.69, 9.17) is 16.2 Å². The van der Waals surface area contributed by atoms with Crippen molar-refractivity contribution in [1.82, 2.24) is 0 Å². The van der Waals surface area contributed by atoms with Gasteiger partial charge in [-0.25, -0.2) is 4.99 Å². The number of anilines is 1. The van der Waals surface area contributed by atoms with Crippen molar-refractivity contribution >= 4 is 27.7 Å². The highest BCUT2D eigenvalue weighted by atomic mass is 32.2. The second-order valence-electron chi connectivity index (χ2n) is 7.34. The molecular weight excluding hydrogens is 406 g/mol. The molecule has 0 amide bonds. The van der Waals surface area contributed by atoms with Crippen LogP contribution in [0.3, 0.4) is 0 Å². The average molecular weight is 430 g/mol. The zero-order chi connectivity index (χ0) is 21.4. The summed E-state index contributed by atoms with van der Waals surface area (Å²) in [4.78, 5) is 10.1. The first-order valence-corrected chi connectivity index (χ1v) is 11.1. The molecule has 1 saturated carbocycles. The van der Waals surface area contributed by atoms with E-state index in [0.29, 0.717) is 30.0 Å². The molecule has 0 bridgehead atoms. The van der Waals surface area contributed by atoms with Crippen LogP contribution in [-0.2, 0) is 10.1 Å². The van der Waals surface area contributed by atoms with Gasteiger partial charge in [-0.3, -0.25) is 9.45 Å². The van der Waals surface area contributed by atoms with Crippen molar-refractivity contribution in [1.29, 1.82) is 0 Å². The van der Waals surface area contributed by atoms with Crippen LogP contribution in [0.25, 0.3) is 0 Å². The van der Waals surface area contributed by atoms with E-state index in [0.717, 1.165) is 19.3 Å². The van der Waals surface area contributed by atoms with E-state index >= 15 is 0 Å². The first kappa shape index (κ1) is 20.2. The number of nitrogens with two attached hydrogens (primary N) is 2. The molecule has 1 spiro atoms. The van der Waals surface area contributed by atoms with Crippen LogP contribution in [0, 0.1) is 0 Å². The minimum Gasteiger partial charge on any atom is -0.455 e. The van der Waals surface area contributed by atoms with Gasteiger partial charge in [0.25, 0.3) is 10.1 Å². The van der Waals surface area contributed by atoms with E-state index in [1.165, 1.54) is 18.2 Å². The highest BCUT2D eigenvalue weighted by molar-refractivity contribution is 7.85. The van der Waals surface area contributed by atoms with Gasteiger partial charge in [0.15, 0.2) is 5.75 Å². The maximum absolute atomic E-state index is 11.8. The number of rotatable bonds is 4. The Bertz CT molecular complexity index is 1110. The Morgan fingerprint density at radius 2 is 1.73 bits per heavy atom. The van der Waals surface area contributed by atoms with Gasteiger partial charge >= 0.3 is 0 Å². The van der Waals surface area contributed by atoms with Crippen LogP contribution < -0.4 is 21.1 Å². The SMILES string of the molecule is NC1=NC2(CCCCC2)N(c2cc(S(=O)(=O)O)ccc2Oc2ccccc2)C(N)=N1. The van der Waals surface area contributed by atoms with Crippen molar-refractivity contribution in [3.63, 3.8) is 0 Å². The lowest BCUT2D eigenvalue weighted by Crippen LogP contribution is -2.58. The number of benzene rings is 2. The van der Waals surface area contributed by atoms with Crippen LogP contribution in [0.2, 0.25) is 0 Å². The van der Waals surface area contributed by atoms with Gasteiger partial charge in [0, 0.05) is 0 Å². The maximum Gasteiger partial charge on any atom is 0.294 e. The van der Waals surface area contributed by atoms with Gasteiger partial charge in [-0.05, 0) is 56.0 Å². The summed E-state index contributed by atoms with van der Waals surface area (Å²) in [5.41, 5.74) is 11.7. The van der Waals surface area contributed by atoms with Crippen molar-refractivity contribution in [3.8, 4) is 11.5 Å². The quantitative estimate of drug-likeness (QED) is 0.634. The van der Waals surface area contributed by atoms with Crippen LogP contribution in [0.5, 0.6) is 11.5 Å². The lowest BCUT2D eigenvalue weighted by molar-refractivity contribution is 0.304. The second kappa shape index (κ2) is 7.62. The molecule has 2 aliphatic rings. The number of guanidine groups is 2. The molecule has 10 heteroatoms. The molecule has 0 aromatic heterocycles. The molecule has 5 N–H and O–H groups in total. The number of hydrogen-bond acceptors (Lipinski definition) is 8. The number of ether oxygens (including phenoxy) is 1. The fourth-order valence-electron chi connectivity index (χ4n) is 4.00. The van der Waals surface area contributed by atoms with E-state index in [-0.39, 0.29) is 16.8 Å². The molecule has 30 heavy (non-hydrogen) atoms. The smallest absolute Gasteiger partial charge is 0.294 e. The van der Waals surface area contributed by atoms with Crippen molar-refractivity contribution < 1.29 is 17.7 Å². The molecular formula is C20H23N5O4S. The van der Waals surface area contributed by atoms with Crippen LogP contribution >= 0.6 is 0 Å². The van der Waals surface area contributed by atoms with E-state index < -0.39 is 15.8 Å². The third-order valence-corrected chi connectivity index (χ3v) is 6.14. The minimum atomic E-state index is -4.45. The highest BCUT2D eigenvalue weighted by Gasteiger charge is 2.44. The number of hydrogen-bond donors (Lipinski definition) is 3. The Hall–Kier alpha value is -3.11. The van der Waals surface area contributed by atoms with E-state index in [1.807, 2.05) is 18.2 Å². The molecule has 0 radical (unpaired) electrons. The summed E-state index contributed by atoms with van der Waals surface area (Å²) in [7, 11) is -4.45. The monoisotopic (exact) mass is 429 g/mol. The van der Waals surface area contributed by atoms with Gasteiger partial charge in [-0.15, -0.1) is 0 Å². The topological polar surface area (TPSA) is 144 Å². The number of para-hydroxylation sites is 1. The third kappa shape index (κ3) is 3.83. The predicted molar refractivity (Wildman–Crippen MR) is 114 cm³/mol. The molecule has 1 fully saturated rings. The number of nitrogens with zero attached hydrogens (tertiary/aromatic N) is 3. The minimum absolute atomic E-state index is 0.0853. The molecule has 158 valence electrons. The Balaban J connectivity index is 1.88. The Morgan fingerprint density at radius 3 is 2.40 bits per heavy atom. The van der Waals surface area contributed by atoms with Crippen molar-refractivity contribution in [2.24, 2.45) is 21.5 Å². The molecule has 9 nitrogen and oxygen atoms in total. The maximum atomic E-state index is 11.8. The summed E-state index contributed by atoms with van der Waals surface area (Å²) in [5, 5.41) is 0. The first-order valence-electron chi connectivity index (χ1n) is 9.63. The average Bonchev–Trinajstić information content (AvgIpc) is 2.69. The molecule has 1 aliphatic heterocycles. The molecule has 1 aliphatic carbocycles. The predicted octanol–water partition coefficient (Wildman–Crippen LogP) is 2.84. The second-order valence-corrected chi connectivity index (χ2v) is 8.76. The molecule has 0 atom stereocenters. The van der Waals surface area contributed by atoms with E-state index in [2.05, 4.69) is 9.98 Å². The lowest BCUT2D eigenvalue weighted by atomic mass is 9.87. The van der Waals surface area contributed by atoms with Crippen LogP contribution in [0.4, 0.5) is 5.69 Å². The normalized spacial score (nSPS) is 18.6. The fourth-order valence-corrected chi connectivity index (χ4v) is 4.50. The third-order valence-electron chi connectivity index (χ3n) is 5.29. The van der Waals surface area contributed by atoms with Crippen LogP contribution in [0.15, 0.2) is 63.4 Å². The highest BCUT2D eigenvalue weighted by Crippen LogP contribution is 2.44. The Labute approximate surface area is 174 Å². The van der Waals surface area contributed by atoms with Crippen molar-refractivity contribution in [2.75, 3.05) is 4.90 Å². The van der Waals surface area contributed by atoms with Crippen LogP contribution in [-0.4, -0.2) is 30.6 Å². The summed E-state index contributed by atoms with van der Waals surface area (Å²) in [6, 6.07) is 13.2. The van der Waals surface area contributed by atoms with Gasteiger partial charge in [0.05, 0.1) is 10.6 Å². The van der Waals surface area contributed by atoms with Gasteiger partial charge in [-0.2, -0.15) is 13.4 Å². The van der Waals surface area contributed by atoms with Gasteiger partial charge in [0.2, 0.25) is 11.9 Å². The molecule has 1 heterocycles. The standard InChI is InChI=1S/C20H23N5O4S/c21-18-23-19(22)25(20(24-18)11-5-2-6-12-20)16-13-15(30(26,27)28)9-10-17(16)29-14-7-3-1-4-8-14/h1,3-4,7-10,13H,2,5-6,11-12H2,(H,26,27,28)(H4,21,22,23,24). The lowest BCUT2D eigenvalue weighted by Gasteiger charge is -2.45. The molecule has 2 aromatic carbocycles. The molecule has 4 rings (SSSR count). The van der Waals surface area contributed by atoms with Crippen molar-refractivity contribution in [2.45, 2.75) is 42.7 Å². The Kier molecular flexibility index (Phi) is 5.12. The first-order chi connectivity index (χ1) is 14.3. The van der Waals surface area contributed by atoms with Gasteiger partial charge in [0.1, 0.15) is 11.4 Å². The largest absolute Gasteiger partial charge is 0.455 e. The summed E-state index contributed by atoms with van der Waals surface area (Å²) >= 11 is 0. The molecule has 2 aromatic rings. The molecule has 0 unspecified atom stereocenters. The van der Waals surface area contributed by atoms with Crippen molar-refractivity contribution in [3.05, 3.63) is 48.5 Å². The fraction of sp³-hybridized carbons (Fsp3) is 0.300. The van der Waals surface area contributed by atoms with Gasteiger partial charge < -0.3 is 16.2 Å². The van der Waals surface area contributed by atoms with E-state index in [1.54, 1.807) is 17.0 Å². The molecule has 0 saturated heterocycles. The number of aliphatic imine (C=N–C) groups is 2.